The fraction of sp³-hybridized carbons (Fsp3) is 0.500. The summed E-state index contributed by atoms with van der Waals surface area (Å²) in [4.78, 5) is 9.55. The number of anilines is 1. The van der Waals surface area contributed by atoms with Crippen LogP contribution < -0.4 is 5.32 Å². The molecule has 1 aromatic rings. The van der Waals surface area contributed by atoms with Gasteiger partial charge in [-0.05, 0) is 18.9 Å². The van der Waals surface area contributed by atoms with Gasteiger partial charge in [-0.25, -0.2) is 0 Å². The molecular formula is C12H16N2O5S. The first kappa shape index (κ1) is 14.7. The molecule has 2 N–H and O–H groups in total. The molecule has 0 amide bonds. The molecule has 2 rings (SSSR count). The third-order valence-corrected chi connectivity index (χ3v) is 4.31. The van der Waals surface area contributed by atoms with Crippen LogP contribution in [-0.4, -0.2) is 23.9 Å². The smallest absolute Gasteiger partial charge is 0.296 e. The highest BCUT2D eigenvalue weighted by Gasteiger charge is 2.22. The predicted molar refractivity (Wildman–Crippen MR) is 73.4 cm³/mol. The second kappa shape index (κ2) is 5.76. The molecule has 0 unspecified atom stereocenters. The van der Waals surface area contributed by atoms with Crippen LogP contribution >= 0.6 is 0 Å². The van der Waals surface area contributed by atoms with Crippen LogP contribution in [0.25, 0.3) is 0 Å². The lowest BCUT2D eigenvalue weighted by Gasteiger charge is -2.24. The molecule has 0 spiro atoms. The average Bonchev–Trinajstić information content (AvgIpc) is 2.39. The number of nitrogens with one attached hydrogen (secondary N) is 1. The van der Waals surface area contributed by atoms with Gasteiger partial charge in [0, 0.05) is 18.2 Å². The van der Waals surface area contributed by atoms with Gasteiger partial charge in [-0.1, -0.05) is 19.3 Å². The van der Waals surface area contributed by atoms with E-state index in [2.05, 4.69) is 5.32 Å². The van der Waals surface area contributed by atoms with Gasteiger partial charge in [-0.15, -0.1) is 0 Å². The first-order valence-electron chi connectivity index (χ1n) is 6.40. The fourth-order valence-corrected chi connectivity index (χ4v) is 3.10. The van der Waals surface area contributed by atoms with E-state index in [-0.39, 0.29) is 17.4 Å². The van der Waals surface area contributed by atoms with E-state index in [1.165, 1.54) is 12.1 Å². The summed E-state index contributed by atoms with van der Waals surface area (Å²) < 4.78 is 31.9. The van der Waals surface area contributed by atoms with Crippen molar-refractivity contribution in [3.8, 4) is 0 Å². The molecular weight excluding hydrogens is 284 g/mol. The van der Waals surface area contributed by atoms with E-state index in [1.807, 2.05) is 0 Å². The monoisotopic (exact) mass is 300 g/mol. The lowest BCUT2D eigenvalue weighted by Crippen LogP contribution is -2.23. The van der Waals surface area contributed by atoms with Crippen molar-refractivity contribution in [1.82, 2.24) is 0 Å². The lowest BCUT2D eigenvalue weighted by molar-refractivity contribution is -0.385. The van der Waals surface area contributed by atoms with Gasteiger partial charge >= 0.3 is 0 Å². The Labute approximate surface area is 116 Å². The number of nitro groups is 1. The summed E-state index contributed by atoms with van der Waals surface area (Å²) in [6.45, 7) is 0. The van der Waals surface area contributed by atoms with Gasteiger partial charge in [0.2, 0.25) is 0 Å². The quantitative estimate of drug-likeness (QED) is 0.502. The molecule has 0 aromatic heterocycles. The van der Waals surface area contributed by atoms with Crippen molar-refractivity contribution in [2.24, 2.45) is 0 Å². The van der Waals surface area contributed by atoms with Crippen molar-refractivity contribution < 1.29 is 17.9 Å². The highest BCUT2D eigenvalue weighted by molar-refractivity contribution is 7.86. The van der Waals surface area contributed by atoms with E-state index < -0.39 is 19.9 Å². The average molecular weight is 300 g/mol. The van der Waals surface area contributed by atoms with Gasteiger partial charge in [0.15, 0.2) is 0 Å². The summed E-state index contributed by atoms with van der Waals surface area (Å²) in [5.74, 6) is 0. The Morgan fingerprint density at radius 3 is 2.45 bits per heavy atom. The zero-order valence-electron chi connectivity index (χ0n) is 10.8. The zero-order chi connectivity index (χ0) is 14.8. The van der Waals surface area contributed by atoms with Gasteiger partial charge in [-0.3, -0.25) is 14.7 Å². The van der Waals surface area contributed by atoms with Gasteiger partial charge in [0.05, 0.1) is 10.6 Å². The fourth-order valence-electron chi connectivity index (χ4n) is 2.42. The second-order valence-corrected chi connectivity index (χ2v) is 6.28. The number of hydrogen-bond donors (Lipinski definition) is 2. The van der Waals surface area contributed by atoms with Crippen molar-refractivity contribution in [3.05, 3.63) is 28.3 Å². The molecule has 0 aliphatic heterocycles. The largest absolute Gasteiger partial charge is 0.381 e. The van der Waals surface area contributed by atoms with Crippen LogP contribution in [-0.2, 0) is 10.1 Å². The number of benzene rings is 1. The van der Waals surface area contributed by atoms with Crippen LogP contribution in [0.4, 0.5) is 11.4 Å². The third-order valence-electron chi connectivity index (χ3n) is 3.42. The molecule has 1 aliphatic rings. The Balaban J connectivity index is 2.33. The number of nitrogens with zero attached hydrogens (tertiary/aromatic N) is 1. The first-order valence-corrected chi connectivity index (χ1v) is 7.84. The molecule has 1 aromatic carbocycles. The van der Waals surface area contributed by atoms with E-state index in [4.69, 9.17) is 0 Å². The van der Waals surface area contributed by atoms with Crippen LogP contribution in [0, 0.1) is 10.1 Å². The molecule has 20 heavy (non-hydrogen) atoms. The third kappa shape index (κ3) is 3.45. The Kier molecular flexibility index (Phi) is 4.24. The normalized spacial score (nSPS) is 16.9. The molecule has 0 bridgehead atoms. The molecule has 1 fully saturated rings. The van der Waals surface area contributed by atoms with Gasteiger partial charge in [-0.2, -0.15) is 8.42 Å². The predicted octanol–water partition coefficient (Wildman–Crippen LogP) is 2.59. The van der Waals surface area contributed by atoms with Crippen LogP contribution in [0.15, 0.2) is 23.1 Å². The Bertz CT molecular complexity index is 608. The molecule has 110 valence electrons. The molecule has 0 heterocycles. The van der Waals surface area contributed by atoms with Crippen molar-refractivity contribution in [2.45, 2.75) is 43.0 Å². The van der Waals surface area contributed by atoms with Crippen LogP contribution in [0.5, 0.6) is 0 Å². The molecule has 1 saturated carbocycles. The van der Waals surface area contributed by atoms with Crippen molar-refractivity contribution in [3.63, 3.8) is 0 Å². The minimum atomic E-state index is -4.51. The first-order chi connectivity index (χ1) is 9.38. The summed E-state index contributed by atoms with van der Waals surface area (Å²) in [5, 5.41) is 13.8. The van der Waals surface area contributed by atoms with Crippen LogP contribution in [0.2, 0.25) is 0 Å². The Morgan fingerprint density at radius 2 is 1.90 bits per heavy atom. The maximum absolute atomic E-state index is 11.4. The van der Waals surface area contributed by atoms with E-state index in [0.29, 0.717) is 0 Å². The van der Waals surface area contributed by atoms with E-state index in [0.717, 1.165) is 38.2 Å². The molecule has 1 aliphatic carbocycles. The molecule has 0 atom stereocenters. The summed E-state index contributed by atoms with van der Waals surface area (Å²) in [6.07, 6.45) is 5.12. The lowest BCUT2D eigenvalue weighted by atomic mass is 9.95. The second-order valence-electron chi connectivity index (χ2n) is 4.89. The maximum atomic E-state index is 11.4. The topological polar surface area (TPSA) is 110 Å². The molecule has 8 heteroatoms. The van der Waals surface area contributed by atoms with Gasteiger partial charge in [0.1, 0.15) is 4.90 Å². The Morgan fingerprint density at radius 1 is 1.25 bits per heavy atom. The SMILES string of the molecule is O=[N+]([O-])c1ccc(NC2CCCCC2)c(S(=O)(=O)O)c1. The van der Waals surface area contributed by atoms with Gasteiger partial charge in [0.25, 0.3) is 15.8 Å². The van der Waals surface area contributed by atoms with Crippen LogP contribution in [0.3, 0.4) is 0 Å². The molecule has 0 radical (unpaired) electrons. The summed E-state index contributed by atoms with van der Waals surface area (Å²) in [7, 11) is -4.51. The molecule has 0 saturated heterocycles. The summed E-state index contributed by atoms with van der Waals surface area (Å²) >= 11 is 0. The van der Waals surface area contributed by atoms with E-state index >= 15 is 0 Å². The standard InChI is InChI=1S/C12H16N2O5S/c15-14(16)10-6-7-11(12(8-10)20(17,18)19)13-9-4-2-1-3-5-9/h6-9,13H,1-5H2,(H,17,18,19). The minimum Gasteiger partial charge on any atom is -0.381 e. The molecule has 7 nitrogen and oxygen atoms in total. The van der Waals surface area contributed by atoms with Gasteiger partial charge < -0.3 is 5.32 Å². The number of non-ortho nitro benzene ring substituents is 1. The van der Waals surface area contributed by atoms with Crippen molar-refractivity contribution in [2.75, 3.05) is 5.32 Å². The zero-order valence-corrected chi connectivity index (χ0v) is 11.6. The van der Waals surface area contributed by atoms with E-state index in [9.17, 15) is 23.1 Å². The van der Waals surface area contributed by atoms with Crippen LogP contribution in [0.1, 0.15) is 32.1 Å². The highest BCUT2D eigenvalue weighted by atomic mass is 32.2. The van der Waals surface area contributed by atoms with E-state index in [1.54, 1.807) is 0 Å². The Hall–Kier alpha value is -1.67. The minimum absolute atomic E-state index is 0.130. The number of rotatable bonds is 4. The number of hydrogen-bond acceptors (Lipinski definition) is 5. The van der Waals surface area contributed by atoms with Crippen molar-refractivity contribution in [1.29, 1.82) is 0 Å². The maximum Gasteiger partial charge on any atom is 0.296 e. The number of nitro benzene ring substituents is 1. The summed E-state index contributed by atoms with van der Waals surface area (Å²) in [5.41, 5.74) is -0.156. The summed E-state index contributed by atoms with van der Waals surface area (Å²) in [6, 6.07) is 3.56. The van der Waals surface area contributed by atoms with Crippen molar-refractivity contribution >= 4 is 21.5 Å². The highest BCUT2D eigenvalue weighted by Crippen LogP contribution is 2.29.